The maximum Gasteiger partial charge on any atom is 0.243 e. The molecule has 0 radical (unpaired) electrons. The second-order valence-corrected chi connectivity index (χ2v) is 6.34. The van der Waals surface area contributed by atoms with E-state index in [1.807, 2.05) is 48.5 Å². The zero-order valence-electron chi connectivity index (χ0n) is 13.1. The number of amides is 1. The van der Waals surface area contributed by atoms with Crippen LogP contribution in [-0.4, -0.2) is 31.7 Å². The molecule has 2 aromatic rings. The van der Waals surface area contributed by atoms with E-state index in [2.05, 4.69) is 26.6 Å². The largest absolute Gasteiger partial charge is 0.488 e. The Morgan fingerprint density at radius 1 is 1.29 bits per heavy atom. The van der Waals surface area contributed by atoms with Gasteiger partial charge in [-0.15, -0.1) is 0 Å². The van der Waals surface area contributed by atoms with Crippen molar-refractivity contribution in [2.24, 2.45) is 0 Å². The molecule has 1 unspecified atom stereocenters. The van der Waals surface area contributed by atoms with Crippen molar-refractivity contribution in [1.29, 1.82) is 0 Å². The van der Waals surface area contributed by atoms with Crippen molar-refractivity contribution in [1.82, 2.24) is 5.32 Å². The summed E-state index contributed by atoms with van der Waals surface area (Å²) in [7, 11) is 0. The van der Waals surface area contributed by atoms with Crippen molar-refractivity contribution < 1.29 is 14.3 Å². The van der Waals surface area contributed by atoms with E-state index in [1.54, 1.807) is 0 Å². The molecule has 0 spiro atoms. The van der Waals surface area contributed by atoms with Crippen LogP contribution in [0.4, 0.5) is 5.69 Å². The minimum Gasteiger partial charge on any atom is -0.488 e. The van der Waals surface area contributed by atoms with Crippen LogP contribution in [0.5, 0.6) is 5.75 Å². The van der Waals surface area contributed by atoms with Crippen LogP contribution >= 0.6 is 15.9 Å². The van der Waals surface area contributed by atoms with Gasteiger partial charge in [-0.25, -0.2) is 0 Å². The second kappa shape index (κ2) is 8.28. The fourth-order valence-electron chi connectivity index (χ4n) is 2.39. The number of ether oxygens (including phenoxy) is 2. The Kier molecular flexibility index (Phi) is 5.85. The molecule has 3 rings (SSSR count). The lowest BCUT2D eigenvalue weighted by Crippen LogP contribution is -2.48. The van der Waals surface area contributed by atoms with E-state index in [1.165, 1.54) is 0 Å². The summed E-state index contributed by atoms with van der Waals surface area (Å²) in [5.74, 6) is 0.635. The number of benzene rings is 2. The lowest BCUT2D eigenvalue weighted by molar-refractivity contribution is -0.120. The van der Waals surface area contributed by atoms with Crippen molar-refractivity contribution in [2.45, 2.75) is 12.6 Å². The van der Waals surface area contributed by atoms with E-state index in [0.717, 1.165) is 15.8 Å². The van der Waals surface area contributed by atoms with Crippen molar-refractivity contribution >= 4 is 27.5 Å². The molecule has 24 heavy (non-hydrogen) atoms. The van der Waals surface area contributed by atoms with Crippen LogP contribution in [-0.2, 0) is 16.1 Å². The molecule has 1 saturated heterocycles. The third-order valence-electron chi connectivity index (χ3n) is 3.67. The molecule has 0 aromatic heterocycles. The average Bonchev–Trinajstić information content (AvgIpc) is 2.62. The van der Waals surface area contributed by atoms with Gasteiger partial charge in [-0.3, -0.25) is 4.79 Å². The first-order valence-electron chi connectivity index (χ1n) is 7.80. The topological polar surface area (TPSA) is 59.6 Å². The van der Waals surface area contributed by atoms with Gasteiger partial charge in [-0.2, -0.15) is 0 Å². The quantitative estimate of drug-likeness (QED) is 0.823. The molecule has 0 bridgehead atoms. The molecule has 2 N–H and O–H groups in total. The summed E-state index contributed by atoms with van der Waals surface area (Å²) in [6, 6.07) is 15.2. The molecule has 1 atom stereocenters. The normalized spacial score (nSPS) is 17.3. The molecule has 6 heteroatoms. The Bertz CT molecular complexity index is 688. The highest BCUT2D eigenvalue weighted by Crippen LogP contribution is 2.29. The summed E-state index contributed by atoms with van der Waals surface area (Å²) in [5.41, 5.74) is 1.82. The monoisotopic (exact) mass is 390 g/mol. The number of halogens is 1. The number of carbonyl (C=O) groups excluding carboxylic acids is 1. The van der Waals surface area contributed by atoms with Crippen LogP contribution in [0.25, 0.3) is 0 Å². The molecule has 1 aliphatic heterocycles. The first kappa shape index (κ1) is 17.0. The smallest absolute Gasteiger partial charge is 0.243 e. The third-order valence-corrected chi connectivity index (χ3v) is 4.29. The van der Waals surface area contributed by atoms with Gasteiger partial charge >= 0.3 is 0 Å². The van der Waals surface area contributed by atoms with Crippen LogP contribution in [0.15, 0.2) is 53.0 Å². The van der Waals surface area contributed by atoms with E-state index >= 15 is 0 Å². The highest BCUT2D eigenvalue weighted by molar-refractivity contribution is 9.10. The van der Waals surface area contributed by atoms with Gasteiger partial charge in [0.15, 0.2) is 0 Å². The lowest BCUT2D eigenvalue weighted by atomic mass is 10.2. The number of carbonyl (C=O) groups is 1. The molecule has 2 aromatic carbocycles. The molecular formula is C18H19BrN2O3. The van der Waals surface area contributed by atoms with Crippen LogP contribution in [0.2, 0.25) is 0 Å². The molecule has 1 fully saturated rings. The first-order chi connectivity index (χ1) is 11.7. The van der Waals surface area contributed by atoms with Crippen molar-refractivity contribution in [2.75, 3.05) is 25.1 Å². The Morgan fingerprint density at radius 3 is 2.83 bits per heavy atom. The first-order valence-corrected chi connectivity index (χ1v) is 8.60. The minimum atomic E-state index is -0.313. The number of nitrogens with one attached hydrogen (secondary N) is 2. The highest BCUT2D eigenvalue weighted by atomic mass is 79.9. The summed E-state index contributed by atoms with van der Waals surface area (Å²) >= 11 is 3.49. The molecule has 1 aliphatic rings. The molecule has 1 heterocycles. The van der Waals surface area contributed by atoms with Gasteiger partial charge in [-0.1, -0.05) is 30.3 Å². The maximum atomic E-state index is 12.2. The maximum absolute atomic E-state index is 12.2. The standard InChI is InChI=1S/C18H19BrN2O3/c19-15-10-14(21-18(22)16-12-23-9-8-20-16)6-7-17(15)24-11-13-4-2-1-3-5-13/h1-7,10,16,20H,8-9,11-12H2,(H,21,22). The zero-order chi connectivity index (χ0) is 16.8. The molecular weight excluding hydrogens is 372 g/mol. The fraction of sp³-hybridized carbons (Fsp3) is 0.278. The fourth-order valence-corrected chi connectivity index (χ4v) is 2.89. The Hall–Kier alpha value is -1.89. The Balaban J connectivity index is 1.58. The predicted octanol–water partition coefficient (Wildman–Crippen LogP) is 2.96. The van der Waals surface area contributed by atoms with Gasteiger partial charge in [0.2, 0.25) is 5.91 Å². The summed E-state index contributed by atoms with van der Waals surface area (Å²) in [4.78, 5) is 12.2. The van der Waals surface area contributed by atoms with Crippen molar-refractivity contribution in [3.8, 4) is 5.75 Å². The zero-order valence-corrected chi connectivity index (χ0v) is 14.7. The summed E-state index contributed by atoms with van der Waals surface area (Å²) < 4.78 is 11.9. The van der Waals surface area contributed by atoms with E-state index in [0.29, 0.717) is 32.1 Å². The van der Waals surface area contributed by atoms with Crippen LogP contribution in [0.3, 0.4) is 0 Å². The predicted molar refractivity (Wildman–Crippen MR) is 96.2 cm³/mol. The molecule has 126 valence electrons. The number of anilines is 1. The van der Waals surface area contributed by atoms with E-state index in [9.17, 15) is 4.79 Å². The molecule has 0 aliphatic carbocycles. The van der Waals surface area contributed by atoms with E-state index in [-0.39, 0.29) is 11.9 Å². The average molecular weight is 391 g/mol. The molecule has 5 nitrogen and oxygen atoms in total. The van der Waals surface area contributed by atoms with Crippen LogP contribution in [0.1, 0.15) is 5.56 Å². The van der Waals surface area contributed by atoms with Crippen molar-refractivity contribution in [3.05, 3.63) is 58.6 Å². The van der Waals surface area contributed by atoms with Gasteiger partial charge in [0.25, 0.3) is 0 Å². The summed E-state index contributed by atoms with van der Waals surface area (Å²) in [6.07, 6.45) is 0. The second-order valence-electron chi connectivity index (χ2n) is 5.49. The van der Waals surface area contributed by atoms with Gasteiger partial charge in [0, 0.05) is 12.2 Å². The Labute approximate surface area is 149 Å². The Morgan fingerprint density at radius 2 is 2.12 bits per heavy atom. The number of hydrogen-bond donors (Lipinski definition) is 2. The molecule has 1 amide bonds. The van der Waals surface area contributed by atoms with Gasteiger partial charge in [-0.05, 0) is 39.7 Å². The van der Waals surface area contributed by atoms with Crippen LogP contribution in [0, 0.1) is 0 Å². The molecule has 0 saturated carbocycles. The van der Waals surface area contributed by atoms with Gasteiger partial charge in [0.05, 0.1) is 17.7 Å². The summed E-state index contributed by atoms with van der Waals surface area (Å²) in [5, 5.41) is 6.02. The van der Waals surface area contributed by atoms with Crippen molar-refractivity contribution in [3.63, 3.8) is 0 Å². The van der Waals surface area contributed by atoms with E-state index < -0.39 is 0 Å². The number of hydrogen-bond acceptors (Lipinski definition) is 4. The van der Waals surface area contributed by atoms with Gasteiger partial charge < -0.3 is 20.1 Å². The van der Waals surface area contributed by atoms with Crippen LogP contribution < -0.4 is 15.4 Å². The lowest BCUT2D eigenvalue weighted by Gasteiger charge is -2.23. The summed E-state index contributed by atoms with van der Waals surface area (Å²) in [6.45, 7) is 2.22. The number of morpholine rings is 1. The van der Waals surface area contributed by atoms with E-state index in [4.69, 9.17) is 9.47 Å². The third kappa shape index (κ3) is 4.56. The highest BCUT2D eigenvalue weighted by Gasteiger charge is 2.21. The number of rotatable bonds is 5. The minimum absolute atomic E-state index is 0.0976. The SMILES string of the molecule is O=C(Nc1ccc(OCc2ccccc2)c(Br)c1)C1COCCN1. The van der Waals surface area contributed by atoms with Gasteiger partial charge in [0.1, 0.15) is 18.4 Å².